The van der Waals surface area contributed by atoms with E-state index in [4.69, 9.17) is 17.3 Å². The molecule has 0 saturated heterocycles. The lowest BCUT2D eigenvalue weighted by Crippen LogP contribution is -1.94. The van der Waals surface area contributed by atoms with Gasteiger partial charge in [0.25, 0.3) is 0 Å². The lowest BCUT2D eigenvalue weighted by molar-refractivity contribution is 1.00. The second kappa shape index (κ2) is 4.07. The van der Waals surface area contributed by atoms with Crippen molar-refractivity contribution in [2.75, 3.05) is 5.73 Å². The summed E-state index contributed by atoms with van der Waals surface area (Å²) in [6.07, 6.45) is 1.37. The first kappa shape index (κ1) is 9.63. The van der Waals surface area contributed by atoms with E-state index >= 15 is 0 Å². The van der Waals surface area contributed by atoms with Gasteiger partial charge in [-0.15, -0.1) is 10.2 Å². The van der Waals surface area contributed by atoms with Gasteiger partial charge in [0.1, 0.15) is 27.7 Å². The highest BCUT2D eigenvalue weighted by Gasteiger charge is 2.09. The van der Waals surface area contributed by atoms with Crippen LogP contribution in [0.15, 0.2) is 21.2 Å². The van der Waals surface area contributed by atoms with Gasteiger partial charge < -0.3 is 5.73 Å². The van der Waals surface area contributed by atoms with Gasteiger partial charge in [0.15, 0.2) is 4.34 Å². The van der Waals surface area contributed by atoms with Gasteiger partial charge >= 0.3 is 0 Å². The molecule has 0 saturated carbocycles. The van der Waals surface area contributed by atoms with E-state index in [1.54, 1.807) is 5.51 Å². The highest BCUT2D eigenvalue weighted by atomic mass is 35.5. The third-order valence-corrected chi connectivity index (χ3v) is 3.57. The Morgan fingerprint density at radius 3 is 3.00 bits per heavy atom. The molecule has 72 valence electrons. The fraction of sp³-hybridized carbons (Fsp3) is 0. The fourth-order valence-corrected chi connectivity index (χ4v) is 2.33. The molecular weight excluding hydrogens is 242 g/mol. The van der Waals surface area contributed by atoms with E-state index in [1.807, 2.05) is 0 Å². The minimum atomic E-state index is 0.272. The normalized spacial score (nSPS) is 10.4. The molecule has 14 heavy (non-hydrogen) atoms. The van der Waals surface area contributed by atoms with Crippen LogP contribution in [0.3, 0.4) is 0 Å². The van der Waals surface area contributed by atoms with Crippen molar-refractivity contribution in [3.8, 4) is 0 Å². The summed E-state index contributed by atoms with van der Waals surface area (Å²) in [4.78, 5) is 7.75. The van der Waals surface area contributed by atoms with Gasteiger partial charge in [0, 0.05) is 0 Å². The van der Waals surface area contributed by atoms with Gasteiger partial charge in [0.05, 0.1) is 0 Å². The van der Waals surface area contributed by atoms with Crippen LogP contribution in [0.4, 0.5) is 5.82 Å². The highest BCUT2D eigenvalue weighted by molar-refractivity contribution is 8.01. The average molecular weight is 246 g/mol. The number of rotatable bonds is 2. The quantitative estimate of drug-likeness (QED) is 0.812. The first-order valence-electron chi connectivity index (χ1n) is 3.47. The van der Waals surface area contributed by atoms with Crippen LogP contribution in [0.1, 0.15) is 0 Å². The van der Waals surface area contributed by atoms with Crippen molar-refractivity contribution in [1.29, 1.82) is 0 Å². The summed E-state index contributed by atoms with van der Waals surface area (Å²) in [5.74, 6) is 0.272. The fourth-order valence-electron chi connectivity index (χ4n) is 0.728. The van der Waals surface area contributed by atoms with Gasteiger partial charge in [-0.1, -0.05) is 22.9 Å². The van der Waals surface area contributed by atoms with Crippen molar-refractivity contribution in [2.45, 2.75) is 9.37 Å². The summed E-state index contributed by atoms with van der Waals surface area (Å²) in [5, 5.41) is 8.50. The van der Waals surface area contributed by atoms with E-state index in [-0.39, 0.29) is 5.82 Å². The lowest BCUT2D eigenvalue weighted by atomic mass is 10.6. The van der Waals surface area contributed by atoms with Crippen LogP contribution >= 0.6 is 34.7 Å². The van der Waals surface area contributed by atoms with E-state index < -0.39 is 0 Å². The Labute approximate surface area is 92.7 Å². The van der Waals surface area contributed by atoms with Gasteiger partial charge in [-0.2, -0.15) is 0 Å². The number of nitrogen functional groups attached to an aromatic ring is 1. The molecule has 0 aliphatic carbocycles. The molecule has 2 rings (SSSR count). The van der Waals surface area contributed by atoms with E-state index in [9.17, 15) is 0 Å². The SMILES string of the molecule is Nc1ncnc(Sc2nncs2)c1Cl. The maximum atomic E-state index is 5.90. The molecule has 8 heteroatoms. The molecule has 2 aromatic rings. The molecule has 0 spiro atoms. The summed E-state index contributed by atoms with van der Waals surface area (Å²) >= 11 is 8.63. The molecule has 0 amide bonds. The zero-order chi connectivity index (χ0) is 9.97. The Morgan fingerprint density at radius 2 is 2.29 bits per heavy atom. The number of aromatic nitrogens is 4. The number of nitrogens with zero attached hydrogens (tertiary/aromatic N) is 4. The van der Waals surface area contributed by atoms with Crippen molar-refractivity contribution in [2.24, 2.45) is 0 Å². The zero-order valence-electron chi connectivity index (χ0n) is 6.72. The molecular formula is C6H4ClN5S2. The zero-order valence-corrected chi connectivity index (χ0v) is 9.10. The van der Waals surface area contributed by atoms with Crippen LogP contribution in [0, 0.1) is 0 Å². The number of anilines is 1. The van der Waals surface area contributed by atoms with Crippen LogP contribution in [-0.2, 0) is 0 Å². The summed E-state index contributed by atoms with van der Waals surface area (Å²) in [7, 11) is 0. The maximum Gasteiger partial charge on any atom is 0.180 e. The lowest BCUT2D eigenvalue weighted by Gasteiger charge is -2.00. The number of nitrogens with two attached hydrogens (primary N) is 1. The van der Waals surface area contributed by atoms with Crippen LogP contribution in [-0.4, -0.2) is 20.2 Å². The van der Waals surface area contributed by atoms with Crippen LogP contribution in [0.2, 0.25) is 5.02 Å². The standard InChI is InChI=1S/C6H4ClN5S2/c7-3-4(8)9-1-10-5(3)14-6-12-11-2-13-6/h1-2H,(H2,8,9,10). The number of hydrogen-bond donors (Lipinski definition) is 1. The minimum Gasteiger partial charge on any atom is -0.382 e. The van der Waals surface area contributed by atoms with Crippen molar-refractivity contribution in [3.63, 3.8) is 0 Å². The summed E-state index contributed by atoms with van der Waals surface area (Å²) in [6, 6.07) is 0. The van der Waals surface area contributed by atoms with E-state index in [0.717, 1.165) is 4.34 Å². The molecule has 0 bridgehead atoms. The molecule has 5 nitrogen and oxygen atoms in total. The molecule has 0 aliphatic rings. The molecule has 0 unspecified atom stereocenters. The first-order chi connectivity index (χ1) is 6.77. The Kier molecular flexibility index (Phi) is 2.80. The molecule has 2 N–H and O–H groups in total. The second-order valence-corrected chi connectivity index (χ2v) is 4.63. The Morgan fingerprint density at radius 1 is 1.43 bits per heavy atom. The highest BCUT2D eigenvalue weighted by Crippen LogP contribution is 2.33. The summed E-state index contributed by atoms with van der Waals surface area (Å²) < 4.78 is 0.769. The third-order valence-electron chi connectivity index (χ3n) is 1.31. The molecule has 0 aromatic carbocycles. The minimum absolute atomic E-state index is 0.272. The van der Waals surface area contributed by atoms with Gasteiger partial charge in [-0.25, -0.2) is 9.97 Å². The van der Waals surface area contributed by atoms with Crippen LogP contribution in [0.25, 0.3) is 0 Å². The Bertz CT molecular complexity index is 432. The first-order valence-corrected chi connectivity index (χ1v) is 5.55. The van der Waals surface area contributed by atoms with Crippen molar-refractivity contribution >= 4 is 40.5 Å². The molecule has 0 fully saturated rings. The molecule has 0 atom stereocenters. The summed E-state index contributed by atoms with van der Waals surface area (Å²) in [6.45, 7) is 0. The van der Waals surface area contributed by atoms with Gasteiger partial charge in [-0.05, 0) is 11.8 Å². The summed E-state index contributed by atoms with van der Waals surface area (Å²) in [5.41, 5.74) is 7.16. The monoisotopic (exact) mass is 245 g/mol. The van der Waals surface area contributed by atoms with E-state index in [2.05, 4.69) is 20.2 Å². The number of hydrogen-bond acceptors (Lipinski definition) is 7. The topological polar surface area (TPSA) is 77.6 Å². The second-order valence-electron chi connectivity index (χ2n) is 2.18. The maximum absolute atomic E-state index is 5.90. The molecule has 2 heterocycles. The smallest absolute Gasteiger partial charge is 0.180 e. The van der Waals surface area contributed by atoms with Crippen LogP contribution in [0.5, 0.6) is 0 Å². The Hall–Kier alpha value is -0.920. The van der Waals surface area contributed by atoms with E-state index in [1.165, 1.54) is 29.4 Å². The van der Waals surface area contributed by atoms with Gasteiger partial charge in [-0.3, -0.25) is 0 Å². The van der Waals surface area contributed by atoms with Crippen molar-refractivity contribution in [3.05, 3.63) is 16.9 Å². The van der Waals surface area contributed by atoms with Crippen molar-refractivity contribution < 1.29 is 0 Å². The molecule has 2 aromatic heterocycles. The largest absolute Gasteiger partial charge is 0.382 e. The predicted molar refractivity (Wildman–Crippen MR) is 55.5 cm³/mol. The molecule has 0 radical (unpaired) electrons. The van der Waals surface area contributed by atoms with E-state index in [0.29, 0.717) is 10.0 Å². The number of halogens is 1. The predicted octanol–water partition coefficient (Wildman–Crippen LogP) is 1.71. The molecule has 0 aliphatic heterocycles. The average Bonchev–Trinajstić information content (AvgIpc) is 2.66. The van der Waals surface area contributed by atoms with Crippen molar-refractivity contribution in [1.82, 2.24) is 20.2 Å². The van der Waals surface area contributed by atoms with Gasteiger partial charge in [0.2, 0.25) is 0 Å². The Balaban J connectivity index is 2.29. The third kappa shape index (κ3) is 1.94. The van der Waals surface area contributed by atoms with Crippen LogP contribution < -0.4 is 5.73 Å².